The molecule has 0 radical (unpaired) electrons. The Balaban J connectivity index is 0.00000162. The fourth-order valence-corrected chi connectivity index (χ4v) is 2.53. The molecule has 0 aliphatic heterocycles. The van der Waals surface area contributed by atoms with Crippen LogP contribution in [0.5, 0.6) is 5.75 Å². The quantitative estimate of drug-likeness (QED) is 0.808. The highest BCUT2D eigenvalue weighted by Gasteiger charge is 2.14. The van der Waals surface area contributed by atoms with Gasteiger partial charge in [-0.25, -0.2) is 0 Å². The van der Waals surface area contributed by atoms with Gasteiger partial charge in [-0.3, -0.25) is 0 Å². The van der Waals surface area contributed by atoms with Gasteiger partial charge in [-0.05, 0) is 35.7 Å². The Morgan fingerprint density at radius 2 is 1.78 bits per heavy atom. The standard InChI is InChI=1S/C15H16OS.ClH/c1-11-9-13(16)7-8-14(11)15(10-17)12-5-3-2-4-6-12;/h2-9,15-17H,10H2,1H3;1H. The first kappa shape index (κ1) is 14.9. The van der Waals surface area contributed by atoms with E-state index in [4.69, 9.17) is 0 Å². The van der Waals surface area contributed by atoms with E-state index in [2.05, 4.69) is 24.8 Å². The molecule has 0 saturated heterocycles. The molecule has 0 saturated carbocycles. The first-order valence-corrected chi connectivity index (χ1v) is 6.31. The van der Waals surface area contributed by atoms with Gasteiger partial charge in [0, 0.05) is 11.7 Å². The average Bonchev–Trinajstić information content (AvgIpc) is 2.34. The zero-order valence-electron chi connectivity index (χ0n) is 10.2. The smallest absolute Gasteiger partial charge is 0.115 e. The highest BCUT2D eigenvalue weighted by molar-refractivity contribution is 7.80. The maximum absolute atomic E-state index is 9.44. The normalized spacial score (nSPS) is 11.7. The van der Waals surface area contributed by atoms with Crippen LogP contribution >= 0.6 is 25.0 Å². The Morgan fingerprint density at radius 3 is 2.33 bits per heavy atom. The van der Waals surface area contributed by atoms with E-state index in [1.165, 1.54) is 11.1 Å². The summed E-state index contributed by atoms with van der Waals surface area (Å²) in [5.41, 5.74) is 3.59. The maximum atomic E-state index is 9.44. The molecule has 2 aromatic carbocycles. The fourth-order valence-electron chi connectivity index (χ4n) is 2.12. The second-order valence-electron chi connectivity index (χ2n) is 4.19. The van der Waals surface area contributed by atoms with Crippen LogP contribution < -0.4 is 0 Å². The molecule has 0 fully saturated rings. The molecule has 1 unspecified atom stereocenters. The van der Waals surface area contributed by atoms with Crippen molar-refractivity contribution in [3.8, 4) is 5.75 Å². The van der Waals surface area contributed by atoms with Gasteiger partial charge in [-0.15, -0.1) is 12.4 Å². The molecule has 0 aliphatic carbocycles. The second-order valence-corrected chi connectivity index (χ2v) is 4.55. The van der Waals surface area contributed by atoms with Crippen molar-refractivity contribution in [1.82, 2.24) is 0 Å². The lowest BCUT2D eigenvalue weighted by Crippen LogP contribution is -2.04. The van der Waals surface area contributed by atoms with Crippen LogP contribution in [0.15, 0.2) is 48.5 Å². The van der Waals surface area contributed by atoms with Crippen LogP contribution in [0.3, 0.4) is 0 Å². The minimum Gasteiger partial charge on any atom is -0.508 e. The lowest BCUT2D eigenvalue weighted by atomic mass is 9.90. The van der Waals surface area contributed by atoms with Crippen molar-refractivity contribution in [3.05, 3.63) is 65.2 Å². The predicted octanol–water partition coefficient (Wildman–Crippen LogP) is 4.18. The number of phenolic OH excluding ortho intramolecular Hbond substituents is 1. The molecule has 96 valence electrons. The molecule has 1 nitrogen and oxygen atoms in total. The Morgan fingerprint density at radius 1 is 1.11 bits per heavy atom. The molecule has 1 N–H and O–H groups in total. The van der Waals surface area contributed by atoms with Crippen LogP contribution in [0.1, 0.15) is 22.6 Å². The van der Waals surface area contributed by atoms with Crippen LogP contribution in [0, 0.1) is 6.92 Å². The number of aryl methyl sites for hydroxylation is 1. The van der Waals surface area contributed by atoms with E-state index in [0.717, 1.165) is 11.3 Å². The van der Waals surface area contributed by atoms with Gasteiger partial charge < -0.3 is 5.11 Å². The van der Waals surface area contributed by atoms with Gasteiger partial charge in [0.25, 0.3) is 0 Å². The van der Waals surface area contributed by atoms with Crippen LogP contribution in [0.2, 0.25) is 0 Å². The molecule has 0 bridgehead atoms. The summed E-state index contributed by atoms with van der Waals surface area (Å²) in [6.07, 6.45) is 0. The number of benzene rings is 2. The highest BCUT2D eigenvalue weighted by Crippen LogP contribution is 2.29. The van der Waals surface area contributed by atoms with E-state index in [0.29, 0.717) is 5.75 Å². The van der Waals surface area contributed by atoms with E-state index in [1.54, 1.807) is 12.1 Å². The van der Waals surface area contributed by atoms with Crippen LogP contribution in [0.25, 0.3) is 0 Å². The lowest BCUT2D eigenvalue weighted by molar-refractivity contribution is 0.474. The van der Waals surface area contributed by atoms with E-state index in [9.17, 15) is 5.11 Å². The second kappa shape index (κ2) is 6.72. The number of halogens is 1. The molecule has 0 aromatic heterocycles. The largest absolute Gasteiger partial charge is 0.508 e. The Labute approximate surface area is 120 Å². The van der Waals surface area contributed by atoms with Gasteiger partial charge in [-0.1, -0.05) is 36.4 Å². The van der Waals surface area contributed by atoms with E-state index in [-0.39, 0.29) is 18.3 Å². The van der Waals surface area contributed by atoms with E-state index >= 15 is 0 Å². The fraction of sp³-hybridized carbons (Fsp3) is 0.200. The summed E-state index contributed by atoms with van der Waals surface area (Å²) in [7, 11) is 0. The Bertz CT molecular complexity index is 499. The molecule has 1 atom stereocenters. The van der Waals surface area contributed by atoms with Crippen molar-refractivity contribution in [2.45, 2.75) is 12.8 Å². The van der Waals surface area contributed by atoms with E-state index < -0.39 is 0 Å². The number of hydrogen-bond donors (Lipinski definition) is 2. The summed E-state index contributed by atoms with van der Waals surface area (Å²) < 4.78 is 0. The molecule has 0 spiro atoms. The monoisotopic (exact) mass is 280 g/mol. The number of rotatable bonds is 3. The van der Waals surface area contributed by atoms with Crippen molar-refractivity contribution in [2.24, 2.45) is 0 Å². The summed E-state index contributed by atoms with van der Waals surface area (Å²) in [6.45, 7) is 2.02. The topological polar surface area (TPSA) is 20.2 Å². The summed E-state index contributed by atoms with van der Waals surface area (Å²) in [4.78, 5) is 0. The van der Waals surface area contributed by atoms with Gasteiger partial charge in [0.1, 0.15) is 5.75 Å². The van der Waals surface area contributed by atoms with Crippen LogP contribution in [0.4, 0.5) is 0 Å². The van der Waals surface area contributed by atoms with Gasteiger partial charge >= 0.3 is 0 Å². The minimum atomic E-state index is 0. The summed E-state index contributed by atoms with van der Waals surface area (Å²) >= 11 is 4.45. The number of hydrogen-bond acceptors (Lipinski definition) is 2. The number of phenols is 1. The molecule has 0 aliphatic rings. The zero-order chi connectivity index (χ0) is 12.3. The van der Waals surface area contributed by atoms with Crippen molar-refractivity contribution in [1.29, 1.82) is 0 Å². The van der Waals surface area contributed by atoms with Crippen LogP contribution in [-0.4, -0.2) is 10.9 Å². The number of thiol groups is 1. The van der Waals surface area contributed by atoms with Crippen molar-refractivity contribution >= 4 is 25.0 Å². The summed E-state index contributed by atoms with van der Waals surface area (Å²) in [5.74, 6) is 1.35. The van der Waals surface area contributed by atoms with Crippen molar-refractivity contribution < 1.29 is 5.11 Å². The van der Waals surface area contributed by atoms with Crippen LogP contribution in [-0.2, 0) is 0 Å². The lowest BCUT2D eigenvalue weighted by Gasteiger charge is -2.18. The molecule has 2 rings (SSSR count). The first-order chi connectivity index (χ1) is 8.22. The minimum absolute atomic E-state index is 0. The van der Waals surface area contributed by atoms with Crippen molar-refractivity contribution in [2.75, 3.05) is 5.75 Å². The van der Waals surface area contributed by atoms with E-state index in [1.807, 2.05) is 31.2 Å². The zero-order valence-corrected chi connectivity index (χ0v) is 11.9. The molecular weight excluding hydrogens is 264 g/mol. The maximum Gasteiger partial charge on any atom is 0.115 e. The third kappa shape index (κ3) is 3.21. The molecule has 0 heterocycles. The van der Waals surface area contributed by atoms with Crippen molar-refractivity contribution in [3.63, 3.8) is 0 Å². The Kier molecular flexibility index (Phi) is 5.57. The third-order valence-corrected chi connectivity index (χ3v) is 3.38. The van der Waals surface area contributed by atoms with Gasteiger partial charge in [0.15, 0.2) is 0 Å². The summed E-state index contributed by atoms with van der Waals surface area (Å²) in [6, 6.07) is 15.9. The number of aromatic hydroxyl groups is 1. The third-order valence-electron chi connectivity index (χ3n) is 3.01. The first-order valence-electron chi connectivity index (χ1n) is 5.67. The predicted molar refractivity (Wildman–Crippen MR) is 82.2 cm³/mol. The molecule has 18 heavy (non-hydrogen) atoms. The molecule has 2 aromatic rings. The van der Waals surface area contributed by atoms with Gasteiger partial charge in [0.2, 0.25) is 0 Å². The Hall–Kier alpha value is -1.12. The average molecular weight is 281 g/mol. The van der Waals surface area contributed by atoms with Gasteiger partial charge in [0.05, 0.1) is 0 Å². The highest BCUT2D eigenvalue weighted by atomic mass is 35.5. The SMILES string of the molecule is Cc1cc(O)ccc1C(CS)c1ccccc1.Cl. The molecule has 3 heteroatoms. The molecular formula is C15H17ClOS. The summed E-state index contributed by atoms with van der Waals surface area (Å²) in [5, 5.41) is 9.44. The van der Waals surface area contributed by atoms with Gasteiger partial charge in [-0.2, -0.15) is 12.6 Å². The molecule has 0 amide bonds.